The molecule has 0 saturated heterocycles. The largest absolute Gasteiger partial charge is 0.480 e. The summed E-state index contributed by atoms with van der Waals surface area (Å²) in [5.41, 5.74) is 0. The normalized spacial score (nSPS) is 12.2. The van der Waals surface area contributed by atoms with Crippen LogP contribution in [0.1, 0.15) is 26.1 Å². The topological polar surface area (TPSA) is 120 Å². The minimum Gasteiger partial charge on any atom is -0.480 e. The van der Waals surface area contributed by atoms with Gasteiger partial charge in [0, 0.05) is 13.0 Å². The third kappa shape index (κ3) is 5.84. The fourth-order valence-electron chi connectivity index (χ4n) is 1.55. The van der Waals surface area contributed by atoms with Crippen LogP contribution in [0.2, 0.25) is 0 Å². The number of amides is 2. The number of nitrogens with zero attached hydrogens (tertiary/aromatic N) is 2. The summed E-state index contributed by atoms with van der Waals surface area (Å²) < 4.78 is 0. The zero-order valence-electron chi connectivity index (χ0n) is 11.0. The average molecular weight is 269 g/mol. The van der Waals surface area contributed by atoms with E-state index in [1.807, 2.05) is 13.8 Å². The van der Waals surface area contributed by atoms with Crippen LogP contribution in [-0.4, -0.2) is 44.9 Å². The van der Waals surface area contributed by atoms with Gasteiger partial charge in [0.2, 0.25) is 0 Å². The molecule has 0 aliphatic heterocycles. The van der Waals surface area contributed by atoms with Gasteiger partial charge in [-0.3, -0.25) is 5.10 Å². The Balaban J connectivity index is 2.30. The summed E-state index contributed by atoms with van der Waals surface area (Å²) in [6.45, 7) is 4.16. The number of urea groups is 1. The van der Waals surface area contributed by atoms with E-state index in [2.05, 4.69) is 25.8 Å². The van der Waals surface area contributed by atoms with Crippen LogP contribution in [0.15, 0.2) is 6.33 Å². The van der Waals surface area contributed by atoms with Crippen molar-refractivity contribution in [3.63, 3.8) is 0 Å². The van der Waals surface area contributed by atoms with E-state index < -0.39 is 18.0 Å². The van der Waals surface area contributed by atoms with Crippen molar-refractivity contribution in [1.82, 2.24) is 25.8 Å². The number of hydrogen-bond acceptors (Lipinski definition) is 4. The number of aromatic amines is 1. The van der Waals surface area contributed by atoms with E-state index in [9.17, 15) is 9.59 Å². The van der Waals surface area contributed by atoms with Crippen LogP contribution < -0.4 is 10.6 Å². The van der Waals surface area contributed by atoms with E-state index in [1.54, 1.807) is 0 Å². The quantitative estimate of drug-likeness (QED) is 0.561. The molecule has 106 valence electrons. The second kappa shape index (κ2) is 7.34. The molecule has 8 nitrogen and oxygen atoms in total. The lowest BCUT2D eigenvalue weighted by Gasteiger charge is -2.16. The summed E-state index contributed by atoms with van der Waals surface area (Å²) in [7, 11) is 0. The molecule has 0 bridgehead atoms. The highest BCUT2D eigenvalue weighted by Gasteiger charge is 2.20. The van der Waals surface area contributed by atoms with Gasteiger partial charge in [-0.2, -0.15) is 5.10 Å². The molecule has 0 aliphatic carbocycles. The first-order valence-electron chi connectivity index (χ1n) is 6.10. The van der Waals surface area contributed by atoms with E-state index >= 15 is 0 Å². The minimum atomic E-state index is -1.03. The Kier molecular flexibility index (Phi) is 5.77. The van der Waals surface area contributed by atoms with E-state index in [1.165, 1.54) is 6.33 Å². The number of carbonyl (C=O) groups excluding carboxylic acids is 1. The molecule has 0 aliphatic rings. The number of aliphatic carboxylic acids is 1. The van der Waals surface area contributed by atoms with Crippen molar-refractivity contribution in [2.24, 2.45) is 5.92 Å². The molecule has 0 unspecified atom stereocenters. The molecule has 0 radical (unpaired) electrons. The van der Waals surface area contributed by atoms with Crippen LogP contribution in [0.25, 0.3) is 0 Å². The van der Waals surface area contributed by atoms with Crippen LogP contribution in [-0.2, 0) is 11.2 Å². The molecule has 1 rings (SSSR count). The first-order chi connectivity index (χ1) is 8.99. The highest BCUT2D eigenvalue weighted by atomic mass is 16.4. The maximum atomic E-state index is 11.5. The van der Waals surface area contributed by atoms with Crippen molar-refractivity contribution < 1.29 is 14.7 Å². The molecular formula is C11H19N5O3. The van der Waals surface area contributed by atoms with Gasteiger partial charge in [0.25, 0.3) is 0 Å². The third-order valence-electron chi connectivity index (χ3n) is 2.42. The van der Waals surface area contributed by atoms with Crippen LogP contribution in [0, 0.1) is 5.92 Å². The van der Waals surface area contributed by atoms with Gasteiger partial charge in [0.1, 0.15) is 18.2 Å². The van der Waals surface area contributed by atoms with Crippen LogP contribution in [0.3, 0.4) is 0 Å². The Hall–Kier alpha value is -2.12. The molecule has 0 spiro atoms. The van der Waals surface area contributed by atoms with Crippen molar-refractivity contribution in [3.05, 3.63) is 12.2 Å². The molecule has 0 saturated carbocycles. The number of aromatic nitrogens is 3. The number of nitrogens with one attached hydrogen (secondary N) is 3. The molecular weight excluding hydrogens is 250 g/mol. The third-order valence-corrected chi connectivity index (χ3v) is 2.42. The van der Waals surface area contributed by atoms with Crippen molar-refractivity contribution >= 4 is 12.0 Å². The van der Waals surface area contributed by atoms with Crippen molar-refractivity contribution in [2.75, 3.05) is 6.54 Å². The summed E-state index contributed by atoms with van der Waals surface area (Å²) in [6.07, 6.45) is 2.29. The van der Waals surface area contributed by atoms with Crippen molar-refractivity contribution in [3.8, 4) is 0 Å². The van der Waals surface area contributed by atoms with Gasteiger partial charge in [-0.05, 0) is 12.3 Å². The van der Waals surface area contributed by atoms with E-state index in [0.29, 0.717) is 25.2 Å². The second-order valence-electron chi connectivity index (χ2n) is 4.60. The van der Waals surface area contributed by atoms with Crippen LogP contribution >= 0.6 is 0 Å². The molecule has 1 aromatic rings. The monoisotopic (exact) mass is 269 g/mol. The Morgan fingerprint density at radius 1 is 1.47 bits per heavy atom. The highest BCUT2D eigenvalue weighted by Crippen LogP contribution is 2.04. The molecule has 1 heterocycles. The van der Waals surface area contributed by atoms with E-state index in [0.717, 1.165) is 0 Å². The molecule has 2 amide bonds. The van der Waals surface area contributed by atoms with Crippen molar-refractivity contribution in [1.29, 1.82) is 0 Å². The lowest BCUT2D eigenvalue weighted by molar-refractivity contribution is -0.139. The lowest BCUT2D eigenvalue weighted by atomic mass is 10.0. The molecule has 4 N–H and O–H groups in total. The molecule has 0 fully saturated rings. The van der Waals surface area contributed by atoms with Gasteiger partial charge in [0.05, 0.1) is 0 Å². The van der Waals surface area contributed by atoms with Gasteiger partial charge < -0.3 is 15.7 Å². The number of H-pyrrole nitrogens is 1. The first kappa shape index (κ1) is 14.9. The Bertz CT molecular complexity index is 404. The molecule has 0 aromatic carbocycles. The zero-order valence-corrected chi connectivity index (χ0v) is 11.0. The van der Waals surface area contributed by atoms with Gasteiger partial charge in [-0.1, -0.05) is 13.8 Å². The summed E-state index contributed by atoms with van der Waals surface area (Å²) >= 11 is 0. The molecule has 19 heavy (non-hydrogen) atoms. The zero-order chi connectivity index (χ0) is 14.3. The summed E-state index contributed by atoms with van der Waals surface area (Å²) in [6, 6.07) is -1.36. The molecule has 8 heteroatoms. The summed E-state index contributed by atoms with van der Waals surface area (Å²) in [5, 5.41) is 20.3. The molecule has 1 aromatic heterocycles. The maximum Gasteiger partial charge on any atom is 0.326 e. The average Bonchev–Trinajstić information content (AvgIpc) is 2.80. The Morgan fingerprint density at radius 2 is 2.21 bits per heavy atom. The number of carboxylic acid groups (broad SMARTS) is 1. The lowest BCUT2D eigenvalue weighted by Crippen LogP contribution is -2.47. The van der Waals surface area contributed by atoms with E-state index in [-0.39, 0.29) is 5.92 Å². The first-order valence-corrected chi connectivity index (χ1v) is 6.10. The van der Waals surface area contributed by atoms with Crippen LogP contribution in [0.5, 0.6) is 0 Å². The number of carbonyl (C=O) groups is 2. The summed E-state index contributed by atoms with van der Waals surface area (Å²) in [4.78, 5) is 26.4. The smallest absolute Gasteiger partial charge is 0.326 e. The van der Waals surface area contributed by atoms with Crippen LogP contribution in [0.4, 0.5) is 4.79 Å². The fraction of sp³-hybridized carbons (Fsp3) is 0.636. The van der Waals surface area contributed by atoms with Gasteiger partial charge in [-0.25, -0.2) is 14.6 Å². The Morgan fingerprint density at radius 3 is 2.74 bits per heavy atom. The van der Waals surface area contributed by atoms with E-state index in [4.69, 9.17) is 5.11 Å². The number of rotatable bonds is 7. The van der Waals surface area contributed by atoms with Gasteiger partial charge in [0.15, 0.2) is 0 Å². The predicted molar refractivity (Wildman–Crippen MR) is 67.5 cm³/mol. The Labute approximate surface area is 111 Å². The highest BCUT2D eigenvalue weighted by molar-refractivity contribution is 5.82. The predicted octanol–water partition coefficient (Wildman–Crippen LogP) is 0.146. The van der Waals surface area contributed by atoms with Gasteiger partial charge >= 0.3 is 12.0 Å². The van der Waals surface area contributed by atoms with Gasteiger partial charge in [-0.15, -0.1) is 0 Å². The minimum absolute atomic E-state index is 0.190. The number of hydrogen-bond donors (Lipinski definition) is 4. The second-order valence-corrected chi connectivity index (χ2v) is 4.60. The number of carboxylic acids is 1. The maximum absolute atomic E-state index is 11.5. The summed E-state index contributed by atoms with van der Waals surface area (Å²) in [5.74, 6) is -0.174. The molecule has 1 atom stereocenters. The van der Waals surface area contributed by atoms with Crippen molar-refractivity contribution in [2.45, 2.75) is 32.7 Å². The SMILES string of the molecule is CC(C)C[C@@H](NC(=O)NCCc1ncn[nH]1)C(=O)O. The fourth-order valence-corrected chi connectivity index (χ4v) is 1.55. The standard InChI is InChI=1S/C11H19N5O3/c1-7(2)5-8(10(17)18)15-11(19)12-4-3-9-13-6-14-16-9/h6-8H,3-5H2,1-2H3,(H,17,18)(H2,12,15,19)(H,13,14,16)/t8-/m1/s1.